The van der Waals surface area contributed by atoms with Crippen LogP contribution in [-0.4, -0.2) is 91.1 Å². The molecule has 5 rings (SSSR count). The van der Waals surface area contributed by atoms with Gasteiger partial charge in [0, 0.05) is 62.6 Å². The van der Waals surface area contributed by atoms with Crippen LogP contribution >= 0.6 is 0 Å². The molecule has 0 spiro atoms. The van der Waals surface area contributed by atoms with Gasteiger partial charge in [0.2, 0.25) is 0 Å². The van der Waals surface area contributed by atoms with Crippen LogP contribution in [0.2, 0.25) is 0 Å². The lowest BCUT2D eigenvalue weighted by atomic mass is 9.92. The maximum atomic E-state index is 12.2. The number of nitrogens with zero attached hydrogens (tertiary/aromatic N) is 5. The average molecular weight is 507 g/mol. The SMILES string of the molecule is CCc1nc(C(N)=O)c(Nc2ccc(N3CCC(N4CCN(C)CC4)CC3)cc2)nc1C1CCNCC1. The van der Waals surface area contributed by atoms with E-state index in [1.165, 1.54) is 44.7 Å². The van der Waals surface area contributed by atoms with Crippen molar-refractivity contribution < 1.29 is 4.79 Å². The van der Waals surface area contributed by atoms with Gasteiger partial charge < -0.3 is 26.2 Å². The van der Waals surface area contributed by atoms with Gasteiger partial charge in [-0.25, -0.2) is 9.97 Å². The van der Waals surface area contributed by atoms with Crippen LogP contribution in [0.1, 0.15) is 60.4 Å². The third kappa shape index (κ3) is 6.05. The minimum absolute atomic E-state index is 0.213. The van der Waals surface area contributed by atoms with Crippen molar-refractivity contribution in [1.29, 1.82) is 0 Å². The fraction of sp³-hybridized carbons (Fsp3) is 0.607. The molecule has 3 aliphatic rings. The van der Waals surface area contributed by atoms with Gasteiger partial charge in [-0.1, -0.05) is 6.92 Å². The second-order valence-corrected chi connectivity index (χ2v) is 10.7. The number of amides is 1. The predicted molar refractivity (Wildman–Crippen MR) is 149 cm³/mol. The summed E-state index contributed by atoms with van der Waals surface area (Å²) in [5.41, 5.74) is 9.91. The summed E-state index contributed by atoms with van der Waals surface area (Å²) in [4.78, 5) is 29.4. The third-order valence-corrected chi connectivity index (χ3v) is 8.31. The minimum Gasteiger partial charge on any atom is -0.371 e. The summed E-state index contributed by atoms with van der Waals surface area (Å²) in [7, 11) is 2.22. The van der Waals surface area contributed by atoms with Gasteiger partial charge in [0.05, 0.1) is 11.4 Å². The number of primary amides is 1. The Kier molecular flexibility index (Phi) is 8.22. The van der Waals surface area contributed by atoms with E-state index in [4.69, 9.17) is 10.7 Å². The van der Waals surface area contributed by atoms with Crippen molar-refractivity contribution in [3.05, 3.63) is 41.3 Å². The summed E-state index contributed by atoms with van der Waals surface area (Å²) in [6.45, 7) is 10.9. The van der Waals surface area contributed by atoms with E-state index in [1.807, 2.05) is 0 Å². The summed E-state index contributed by atoms with van der Waals surface area (Å²) in [6.07, 6.45) is 5.20. The standard InChI is InChI=1S/C28H42N8O/c1-3-24-25(20-8-12-30-13-9-20)33-28(26(32-24)27(29)37)31-21-4-6-22(7-5-21)35-14-10-23(11-15-35)36-18-16-34(2)17-19-36/h4-7,20,23,30H,3,8-19H2,1-2H3,(H2,29,37)(H,31,33). The van der Waals surface area contributed by atoms with Gasteiger partial charge in [0.25, 0.3) is 5.91 Å². The van der Waals surface area contributed by atoms with Crippen molar-refractivity contribution in [2.24, 2.45) is 5.73 Å². The molecule has 0 atom stereocenters. The summed E-state index contributed by atoms with van der Waals surface area (Å²) in [6, 6.07) is 9.14. The Hall–Kier alpha value is -2.75. The van der Waals surface area contributed by atoms with E-state index in [-0.39, 0.29) is 5.69 Å². The molecule has 4 heterocycles. The molecular weight excluding hydrogens is 464 g/mol. The van der Waals surface area contributed by atoms with Gasteiger partial charge in [0.1, 0.15) is 0 Å². The second-order valence-electron chi connectivity index (χ2n) is 10.7. The number of carbonyl (C=O) groups excluding carboxylic acids is 1. The lowest BCUT2D eigenvalue weighted by Crippen LogP contribution is -2.52. The van der Waals surface area contributed by atoms with E-state index in [0.717, 1.165) is 62.5 Å². The molecular formula is C28H42N8O. The summed E-state index contributed by atoms with van der Waals surface area (Å²) < 4.78 is 0. The van der Waals surface area contributed by atoms with E-state index in [1.54, 1.807) is 0 Å². The van der Waals surface area contributed by atoms with Crippen LogP contribution in [0.4, 0.5) is 17.2 Å². The molecule has 3 fully saturated rings. The number of carbonyl (C=O) groups is 1. The Morgan fingerprint density at radius 3 is 2.30 bits per heavy atom. The van der Waals surface area contributed by atoms with Gasteiger partial charge >= 0.3 is 0 Å². The summed E-state index contributed by atoms with van der Waals surface area (Å²) in [5.74, 6) is 0.253. The number of likely N-dealkylation sites (N-methyl/N-ethyl adjacent to an activating group) is 1. The first-order valence-corrected chi connectivity index (χ1v) is 14.0. The first-order valence-electron chi connectivity index (χ1n) is 14.0. The first kappa shape index (κ1) is 25.9. The molecule has 0 radical (unpaired) electrons. The van der Waals surface area contributed by atoms with Crippen LogP contribution in [0, 0.1) is 0 Å². The molecule has 0 bridgehead atoms. The monoisotopic (exact) mass is 506 g/mol. The van der Waals surface area contributed by atoms with Gasteiger partial charge in [-0.15, -0.1) is 0 Å². The summed E-state index contributed by atoms with van der Waals surface area (Å²) in [5, 5.41) is 6.76. The molecule has 0 saturated carbocycles. The van der Waals surface area contributed by atoms with E-state index in [9.17, 15) is 4.79 Å². The highest BCUT2D eigenvalue weighted by Crippen LogP contribution is 2.30. The number of aryl methyl sites for hydroxylation is 1. The Morgan fingerprint density at radius 1 is 1.00 bits per heavy atom. The zero-order valence-electron chi connectivity index (χ0n) is 22.4. The molecule has 3 aliphatic heterocycles. The van der Waals surface area contributed by atoms with Crippen LogP contribution in [0.3, 0.4) is 0 Å². The highest BCUT2D eigenvalue weighted by Gasteiger charge is 2.27. The molecule has 200 valence electrons. The van der Waals surface area contributed by atoms with Crippen molar-refractivity contribution in [2.75, 3.05) is 69.6 Å². The molecule has 37 heavy (non-hydrogen) atoms. The van der Waals surface area contributed by atoms with Crippen LogP contribution in [0.25, 0.3) is 0 Å². The molecule has 1 amide bonds. The number of aromatic nitrogens is 2. The van der Waals surface area contributed by atoms with Crippen molar-refractivity contribution >= 4 is 23.1 Å². The number of benzene rings is 1. The van der Waals surface area contributed by atoms with Crippen molar-refractivity contribution in [2.45, 2.75) is 51.0 Å². The highest BCUT2D eigenvalue weighted by atomic mass is 16.1. The maximum Gasteiger partial charge on any atom is 0.271 e. The largest absolute Gasteiger partial charge is 0.371 e. The minimum atomic E-state index is -0.554. The molecule has 9 nitrogen and oxygen atoms in total. The number of nitrogens with two attached hydrogens (primary N) is 1. The van der Waals surface area contributed by atoms with Gasteiger partial charge in [0.15, 0.2) is 11.5 Å². The highest BCUT2D eigenvalue weighted by molar-refractivity contribution is 5.96. The average Bonchev–Trinajstić information content (AvgIpc) is 2.94. The maximum absolute atomic E-state index is 12.2. The van der Waals surface area contributed by atoms with Gasteiger partial charge in [-0.05, 0) is 76.5 Å². The van der Waals surface area contributed by atoms with Crippen LogP contribution in [0.5, 0.6) is 0 Å². The number of hydrogen-bond donors (Lipinski definition) is 3. The second kappa shape index (κ2) is 11.8. The number of hydrogen-bond acceptors (Lipinski definition) is 8. The number of nitrogens with one attached hydrogen (secondary N) is 2. The topological polar surface area (TPSA) is 103 Å². The number of piperidine rings is 2. The van der Waals surface area contributed by atoms with E-state index >= 15 is 0 Å². The van der Waals surface area contributed by atoms with Crippen LogP contribution in [0.15, 0.2) is 24.3 Å². The van der Waals surface area contributed by atoms with E-state index in [2.05, 4.69) is 68.6 Å². The van der Waals surface area contributed by atoms with E-state index in [0.29, 0.717) is 17.8 Å². The number of anilines is 3. The van der Waals surface area contributed by atoms with Crippen molar-refractivity contribution in [3.63, 3.8) is 0 Å². The van der Waals surface area contributed by atoms with Crippen LogP contribution < -0.4 is 21.3 Å². The molecule has 1 aromatic carbocycles. The molecule has 9 heteroatoms. The Bertz CT molecular complexity index is 1050. The van der Waals surface area contributed by atoms with Crippen LogP contribution in [-0.2, 0) is 6.42 Å². The molecule has 0 aliphatic carbocycles. The fourth-order valence-electron chi connectivity index (χ4n) is 5.99. The lowest BCUT2D eigenvalue weighted by molar-refractivity contribution is 0.0982. The quantitative estimate of drug-likeness (QED) is 0.527. The molecule has 2 aromatic rings. The zero-order chi connectivity index (χ0) is 25.8. The Labute approximate surface area is 220 Å². The number of piperazine rings is 1. The van der Waals surface area contributed by atoms with Gasteiger partial charge in [-0.3, -0.25) is 9.69 Å². The Balaban J connectivity index is 1.26. The molecule has 1 aromatic heterocycles. The van der Waals surface area contributed by atoms with Crippen molar-refractivity contribution in [1.82, 2.24) is 25.1 Å². The van der Waals surface area contributed by atoms with Crippen molar-refractivity contribution in [3.8, 4) is 0 Å². The third-order valence-electron chi connectivity index (χ3n) is 8.31. The first-order chi connectivity index (χ1) is 18.0. The Morgan fingerprint density at radius 2 is 1.68 bits per heavy atom. The lowest BCUT2D eigenvalue weighted by Gasteiger charge is -2.42. The fourth-order valence-corrected chi connectivity index (χ4v) is 5.99. The molecule has 3 saturated heterocycles. The van der Waals surface area contributed by atoms with Gasteiger partial charge in [-0.2, -0.15) is 0 Å². The number of rotatable bonds is 7. The molecule has 0 unspecified atom stereocenters. The molecule has 4 N–H and O–H groups in total. The summed E-state index contributed by atoms with van der Waals surface area (Å²) >= 11 is 0. The zero-order valence-corrected chi connectivity index (χ0v) is 22.4. The normalized spacial score (nSPS) is 20.8. The smallest absolute Gasteiger partial charge is 0.271 e. The predicted octanol–water partition coefficient (Wildman–Crippen LogP) is 2.56. The van der Waals surface area contributed by atoms with E-state index < -0.39 is 5.91 Å².